The van der Waals surface area contributed by atoms with Crippen LogP contribution in [0.5, 0.6) is 0 Å². The minimum atomic E-state index is -4.10. The molecule has 3 amide bonds. The van der Waals surface area contributed by atoms with E-state index in [9.17, 15) is 32.7 Å². The van der Waals surface area contributed by atoms with E-state index < -0.39 is 58.6 Å². The molecule has 12 heteroatoms. The van der Waals surface area contributed by atoms with Gasteiger partial charge in [-0.15, -0.1) is 0 Å². The fourth-order valence-corrected chi connectivity index (χ4v) is 4.65. The molecule has 2 aromatic carbocycles. The zero-order chi connectivity index (χ0) is 25.8. The fourth-order valence-electron chi connectivity index (χ4n) is 3.45. The summed E-state index contributed by atoms with van der Waals surface area (Å²) in [5.41, 5.74) is 1.50. The number of imide groups is 1. The van der Waals surface area contributed by atoms with Gasteiger partial charge in [0.05, 0.1) is 10.9 Å². The van der Waals surface area contributed by atoms with Crippen molar-refractivity contribution in [1.29, 1.82) is 0 Å². The van der Waals surface area contributed by atoms with E-state index in [1.807, 2.05) is 0 Å². The Hall–Kier alpha value is -3.77. The van der Waals surface area contributed by atoms with Crippen LogP contribution in [0.15, 0.2) is 59.5 Å². The molecule has 2 aromatic rings. The maximum Gasteiger partial charge on any atom is 0.417 e. The summed E-state index contributed by atoms with van der Waals surface area (Å²) < 4.78 is 32.3. The van der Waals surface area contributed by atoms with Crippen LogP contribution in [0.3, 0.4) is 0 Å². The van der Waals surface area contributed by atoms with Crippen molar-refractivity contribution < 1.29 is 37.4 Å². The second-order valence-corrected chi connectivity index (χ2v) is 9.76. The number of amides is 3. The summed E-state index contributed by atoms with van der Waals surface area (Å²) in [6.45, 7) is 2.52. The van der Waals surface area contributed by atoms with Crippen LogP contribution in [-0.2, 0) is 35.6 Å². The first-order valence-electron chi connectivity index (χ1n) is 10.7. The number of nitrogens with one attached hydrogen (secondary N) is 2. The van der Waals surface area contributed by atoms with E-state index in [-0.39, 0.29) is 11.3 Å². The van der Waals surface area contributed by atoms with Crippen LogP contribution in [0.25, 0.3) is 0 Å². The molecule has 1 saturated heterocycles. The van der Waals surface area contributed by atoms with Gasteiger partial charge in [0, 0.05) is 6.42 Å². The lowest BCUT2D eigenvalue weighted by atomic mass is 10.1. The Kier molecular flexibility index (Phi) is 7.87. The molecule has 1 heterocycles. The summed E-state index contributed by atoms with van der Waals surface area (Å²) in [4.78, 5) is 50.1. The zero-order valence-electron chi connectivity index (χ0n) is 19.0. The molecular formula is C23H25N3O8S. The van der Waals surface area contributed by atoms with Crippen molar-refractivity contribution in [3.05, 3.63) is 65.7 Å². The van der Waals surface area contributed by atoms with Gasteiger partial charge < -0.3 is 15.2 Å². The maximum atomic E-state index is 12.9. The summed E-state index contributed by atoms with van der Waals surface area (Å²) in [5, 5.41) is 11.9. The number of carboxylic acids is 1. The van der Waals surface area contributed by atoms with Gasteiger partial charge in [-0.3, -0.25) is 9.59 Å². The number of ether oxygens (including phenoxy) is 1. The van der Waals surface area contributed by atoms with Gasteiger partial charge in [-0.05, 0) is 31.5 Å². The molecule has 0 bridgehead atoms. The van der Waals surface area contributed by atoms with Crippen LogP contribution in [0.4, 0.5) is 4.79 Å². The summed E-state index contributed by atoms with van der Waals surface area (Å²) in [6, 6.07) is 10.3. The van der Waals surface area contributed by atoms with Crippen LogP contribution in [0.2, 0.25) is 0 Å². The topological polar surface area (TPSA) is 159 Å². The van der Waals surface area contributed by atoms with E-state index in [1.165, 1.54) is 19.1 Å². The molecule has 3 atom stereocenters. The molecule has 0 saturated carbocycles. The number of sulfonamides is 1. The Morgan fingerprint density at radius 3 is 2.34 bits per heavy atom. The number of aryl methyl sites for hydroxylation is 1. The van der Waals surface area contributed by atoms with Crippen molar-refractivity contribution in [1.82, 2.24) is 14.9 Å². The minimum Gasteiger partial charge on any atom is -0.480 e. The highest BCUT2D eigenvalue weighted by Gasteiger charge is 2.45. The van der Waals surface area contributed by atoms with Crippen LogP contribution in [0, 0.1) is 6.92 Å². The normalized spacial score (nSPS) is 17.4. The van der Waals surface area contributed by atoms with E-state index in [1.54, 1.807) is 49.4 Å². The molecule has 186 valence electrons. The number of rotatable bonds is 9. The quantitative estimate of drug-likeness (QED) is 0.454. The molecule has 0 unspecified atom stereocenters. The SMILES string of the molecule is Cc1ccc(S(=O)(=O)N[C@@H](C)C(=O)N2C(=O)OC[C@H]2C(=O)N[C@@H](Cc2ccccc2)C(=O)O)cc1. The Morgan fingerprint density at radius 1 is 1.11 bits per heavy atom. The number of carboxylic acid groups (broad SMARTS) is 1. The third-order valence-corrected chi connectivity index (χ3v) is 6.90. The average Bonchev–Trinajstić information content (AvgIpc) is 3.20. The highest BCUT2D eigenvalue weighted by Crippen LogP contribution is 2.17. The molecule has 0 spiro atoms. The Labute approximate surface area is 202 Å². The van der Waals surface area contributed by atoms with E-state index >= 15 is 0 Å². The number of benzene rings is 2. The van der Waals surface area contributed by atoms with Crippen molar-refractivity contribution in [2.45, 2.75) is 43.3 Å². The van der Waals surface area contributed by atoms with Gasteiger partial charge in [0.15, 0.2) is 6.04 Å². The second-order valence-electron chi connectivity index (χ2n) is 8.05. The van der Waals surface area contributed by atoms with Gasteiger partial charge in [0.25, 0.3) is 5.91 Å². The van der Waals surface area contributed by atoms with E-state index in [0.29, 0.717) is 10.5 Å². The molecule has 11 nitrogen and oxygen atoms in total. The third kappa shape index (κ3) is 6.22. The van der Waals surface area contributed by atoms with Crippen LogP contribution < -0.4 is 10.0 Å². The zero-order valence-corrected chi connectivity index (χ0v) is 19.8. The highest BCUT2D eigenvalue weighted by atomic mass is 32.2. The first-order chi connectivity index (χ1) is 16.5. The molecule has 0 radical (unpaired) electrons. The van der Waals surface area contributed by atoms with Gasteiger partial charge in [-0.1, -0.05) is 48.0 Å². The third-order valence-electron chi connectivity index (χ3n) is 5.34. The number of cyclic esters (lactones) is 1. The van der Waals surface area contributed by atoms with Gasteiger partial charge >= 0.3 is 12.1 Å². The lowest BCUT2D eigenvalue weighted by Gasteiger charge is -2.24. The Balaban J connectivity index is 1.72. The molecular weight excluding hydrogens is 478 g/mol. The van der Waals surface area contributed by atoms with Crippen molar-refractivity contribution in [2.75, 3.05) is 6.61 Å². The summed E-state index contributed by atoms with van der Waals surface area (Å²) >= 11 is 0. The van der Waals surface area contributed by atoms with Gasteiger partial charge in [0.2, 0.25) is 15.9 Å². The standard InChI is InChI=1S/C23H25N3O8S/c1-14-8-10-17(11-9-14)35(32,33)25-15(2)21(28)26-19(13-34-23(26)31)20(27)24-18(22(29)30)12-16-6-4-3-5-7-16/h3-11,15,18-19,25H,12-13H2,1-2H3,(H,24,27)(H,29,30)/t15-,18-,19-/m0/s1. The number of aliphatic carboxylic acids is 1. The second kappa shape index (κ2) is 10.7. The Bertz CT molecular complexity index is 1220. The van der Waals surface area contributed by atoms with E-state index in [2.05, 4.69) is 10.0 Å². The minimum absolute atomic E-state index is 0.0237. The van der Waals surface area contributed by atoms with Crippen LogP contribution >= 0.6 is 0 Å². The van der Waals surface area contributed by atoms with Gasteiger partial charge in [-0.25, -0.2) is 22.9 Å². The molecule has 1 fully saturated rings. The summed E-state index contributed by atoms with van der Waals surface area (Å²) in [6.07, 6.45) is -1.16. The monoisotopic (exact) mass is 503 g/mol. The van der Waals surface area contributed by atoms with Crippen molar-refractivity contribution in [3.63, 3.8) is 0 Å². The lowest BCUT2D eigenvalue weighted by Crippen LogP contribution is -2.56. The van der Waals surface area contributed by atoms with Crippen molar-refractivity contribution in [3.8, 4) is 0 Å². The molecule has 3 N–H and O–H groups in total. The van der Waals surface area contributed by atoms with Crippen LogP contribution in [0.1, 0.15) is 18.1 Å². The highest BCUT2D eigenvalue weighted by molar-refractivity contribution is 7.89. The van der Waals surface area contributed by atoms with Crippen molar-refractivity contribution in [2.24, 2.45) is 0 Å². The molecule has 0 aromatic heterocycles. The predicted molar refractivity (Wildman–Crippen MR) is 123 cm³/mol. The van der Waals surface area contributed by atoms with Gasteiger partial charge in [-0.2, -0.15) is 4.72 Å². The number of carbonyl (C=O) groups is 4. The fraction of sp³-hybridized carbons (Fsp3) is 0.304. The Morgan fingerprint density at radius 2 is 1.74 bits per heavy atom. The van der Waals surface area contributed by atoms with Gasteiger partial charge in [0.1, 0.15) is 12.6 Å². The smallest absolute Gasteiger partial charge is 0.417 e. The van der Waals surface area contributed by atoms with Crippen LogP contribution in [-0.4, -0.2) is 67.0 Å². The van der Waals surface area contributed by atoms with E-state index in [0.717, 1.165) is 5.56 Å². The number of hydrogen-bond donors (Lipinski definition) is 3. The molecule has 1 aliphatic rings. The first-order valence-corrected chi connectivity index (χ1v) is 12.1. The number of carbonyl (C=O) groups excluding carboxylic acids is 3. The molecule has 35 heavy (non-hydrogen) atoms. The summed E-state index contributed by atoms with van der Waals surface area (Å²) in [7, 11) is -4.10. The summed E-state index contributed by atoms with van der Waals surface area (Å²) in [5.74, 6) is -3.23. The molecule has 3 rings (SSSR count). The largest absolute Gasteiger partial charge is 0.480 e. The lowest BCUT2D eigenvalue weighted by molar-refractivity contribution is -0.143. The molecule has 1 aliphatic heterocycles. The average molecular weight is 504 g/mol. The maximum absolute atomic E-state index is 12.9. The molecule has 0 aliphatic carbocycles. The predicted octanol–water partition coefficient (Wildman–Crippen LogP) is 0.821. The number of nitrogens with zero attached hydrogens (tertiary/aromatic N) is 1. The number of hydrogen-bond acceptors (Lipinski definition) is 7. The van der Waals surface area contributed by atoms with Crippen molar-refractivity contribution >= 4 is 33.9 Å². The van der Waals surface area contributed by atoms with E-state index in [4.69, 9.17) is 4.74 Å². The first kappa shape index (κ1) is 25.8.